The first-order chi connectivity index (χ1) is 10.2. The molecule has 1 rings (SSSR count). The van der Waals surface area contributed by atoms with Crippen LogP contribution in [-0.2, 0) is 4.74 Å². The van der Waals surface area contributed by atoms with Crippen molar-refractivity contribution in [1.29, 1.82) is 0 Å². The molecule has 4 nitrogen and oxygen atoms in total. The highest BCUT2D eigenvalue weighted by Gasteiger charge is 2.10. The predicted molar refractivity (Wildman–Crippen MR) is 86.2 cm³/mol. The van der Waals surface area contributed by atoms with Crippen molar-refractivity contribution >= 4 is 0 Å². The fourth-order valence-electron chi connectivity index (χ4n) is 1.88. The Bertz CT molecular complexity index is 365. The Kier molecular flexibility index (Phi) is 8.87. The second-order valence-corrected chi connectivity index (χ2v) is 5.57. The summed E-state index contributed by atoms with van der Waals surface area (Å²) in [6.07, 6.45) is 1.02. The zero-order valence-corrected chi connectivity index (χ0v) is 13.7. The Morgan fingerprint density at radius 3 is 2.29 bits per heavy atom. The minimum absolute atomic E-state index is 0.0103. The van der Waals surface area contributed by atoms with Crippen molar-refractivity contribution < 1.29 is 14.2 Å². The lowest BCUT2D eigenvalue weighted by atomic mass is 10.2. The highest BCUT2D eigenvalue weighted by Crippen LogP contribution is 2.18. The van der Waals surface area contributed by atoms with Crippen molar-refractivity contribution in [3.63, 3.8) is 0 Å². The molecule has 1 aromatic rings. The van der Waals surface area contributed by atoms with Crippen molar-refractivity contribution in [3.05, 3.63) is 24.3 Å². The number of ether oxygens (including phenoxy) is 3. The van der Waals surface area contributed by atoms with Crippen LogP contribution in [-0.4, -0.2) is 39.5 Å². The number of rotatable bonds is 11. The van der Waals surface area contributed by atoms with Gasteiger partial charge in [-0.1, -0.05) is 20.8 Å². The van der Waals surface area contributed by atoms with Gasteiger partial charge in [0.25, 0.3) is 0 Å². The zero-order valence-electron chi connectivity index (χ0n) is 13.7. The first-order valence-corrected chi connectivity index (χ1v) is 7.74. The largest absolute Gasteiger partial charge is 0.494 e. The number of methoxy groups -OCH3 is 1. The van der Waals surface area contributed by atoms with Gasteiger partial charge in [0.2, 0.25) is 0 Å². The van der Waals surface area contributed by atoms with E-state index in [-0.39, 0.29) is 6.10 Å². The predicted octanol–water partition coefficient (Wildman–Crippen LogP) is 3.11. The van der Waals surface area contributed by atoms with E-state index in [0.717, 1.165) is 37.6 Å². The molecular weight excluding hydrogens is 266 g/mol. The third-order valence-electron chi connectivity index (χ3n) is 2.88. The van der Waals surface area contributed by atoms with Crippen LogP contribution in [0.4, 0.5) is 0 Å². The molecule has 4 heteroatoms. The van der Waals surface area contributed by atoms with E-state index in [2.05, 4.69) is 26.1 Å². The maximum atomic E-state index is 5.95. The van der Waals surface area contributed by atoms with Crippen molar-refractivity contribution in [2.45, 2.75) is 33.3 Å². The molecule has 120 valence electrons. The van der Waals surface area contributed by atoms with Gasteiger partial charge in [-0.25, -0.2) is 0 Å². The van der Waals surface area contributed by atoms with Crippen molar-refractivity contribution in [2.24, 2.45) is 5.92 Å². The molecule has 0 aliphatic rings. The molecule has 1 aromatic carbocycles. The SMILES string of the molecule is CCCOc1ccc(OC(CNCC(C)C)COC)cc1. The summed E-state index contributed by atoms with van der Waals surface area (Å²) in [6, 6.07) is 7.76. The molecule has 0 spiro atoms. The minimum Gasteiger partial charge on any atom is -0.494 e. The molecule has 0 saturated carbocycles. The Labute approximate surface area is 128 Å². The normalized spacial score (nSPS) is 12.4. The number of hydrogen-bond acceptors (Lipinski definition) is 4. The molecular formula is C17H29NO3. The van der Waals surface area contributed by atoms with Gasteiger partial charge >= 0.3 is 0 Å². The summed E-state index contributed by atoms with van der Waals surface area (Å²) in [5.74, 6) is 2.35. The maximum Gasteiger partial charge on any atom is 0.134 e. The van der Waals surface area contributed by atoms with Gasteiger partial charge in [0.1, 0.15) is 17.6 Å². The number of hydrogen-bond donors (Lipinski definition) is 1. The third-order valence-corrected chi connectivity index (χ3v) is 2.88. The topological polar surface area (TPSA) is 39.7 Å². The second-order valence-electron chi connectivity index (χ2n) is 5.57. The van der Waals surface area contributed by atoms with Gasteiger partial charge < -0.3 is 19.5 Å². The van der Waals surface area contributed by atoms with Crippen LogP contribution < -0.4 is 14.8 Å². The number of nitrogens with one attached hydrogen (secondary N) is 1. The van der Waals surface area contributed by atoms with E-state index < -0.39 is 0 Å². The fraction of sp³-hybridized carbons (Fsp3) is 0.647. The summed E-state index contributed by atoms with van der Waals surface area (Å²) in [5, 5.41) is 3.40. The van der Waals surface area contributed by atoms with Crippen LogP contribution in [0.15, 0.2) is 24.3 Å². The highest BCUT2D eigenvalue weighted by atomic mass is 16.5. The molecule has 1 atom stereocenters. The summed E-state index contributed by atoms with van der Waals surface area (Å²) < 4.78 is 16.7. The van der Waals surface area contributed by atoms with Crippen molar-refractivity contribution in [3.8, 4) is 11.5 Å². The average molecular weight is 295 g/mol. The van der Waals surface area contributed by atoms with Crippen LogP contribution in [0, 0.1) is 5.92 Å². The van der Waals surface area contributed by atoms with E-state index in [0.29, 0.717) is 12.5 Å². The second kappa shape index (κ2) is 10.5. The van der Waals surface area contributed by atoms with E-state index in [1.54, 1.807) is 7.11 Å². The molecule has 0 fully saturated rings. The third kappa shape index (κ3) is 7.93. The molecule has 1 unspecified atom stereocenters. The standard InChI is InChI=1S/C17H29NO3/c1-5-10-20-15-6-8-16(9-7-15)21-17(13-19-4)12-18-11-14(2)3/h6-9,14,17-18H,5,10-13H2,1-4H3. The monoisotopic (exact) mass is 295 g/mol. The van der Waals surface area contributed by atoms with Gasteiger partial charge in [-0.2, -0.15) is 0 Å². The quantitative estimate of drug-likeness (QED) is 0.681. The molecule has 21 heavy (non-hydrogen) atoms. The minimum atomic E-state index is 0.0103. The lowest BCUT2D eigenvalue weighted by molar-refractivity contribution is 0.0802. The first kappa shape index (κ1) is 17.8. The molecule has 0 amide bonds. The van der Waals surface area contributed by atoms with Gasteiger partial charge in [-0.15, -0.1) is 0 Å². The molecule has 0 bridgehead atoms. The summed E-state index contributed by atoms with van der Waals surface area (Å²) in [6.45, 7) is 9.54. The van der Waals surface area contributed by atoms with Crippen LogP contribution >= 0.6 is 0 Å². The Hall–Kier alpha value is -1.26. The smallest absolute Gasteiger partial charge is 0.134 e. The van der Waals surface area contributed by atoms with Gasteiger partial charge in [0, 0.05) is 13.7 Å². The van der Waals surface area contributed by atoms with Crippen molar-refractivity contribution in [2.75, 3.05) is 33.4 Å². The molecule has 0 saturated heterocycles. The molecule has 0 aliphatic heterocycles. The molecule has 0 aromatic heterocycles. The molecule has 0 aliphatic carbocycles. The number of benzene rings is 1. The van der Waals surface area contributed by atoms with Crippen LogP contribution in [0.1, 0.15) is 27.2 Å². The maximum absolute atomic E-state index is 5.95. The fourth-order valence-corrected chi connectivity index (χ4v) is 1.88. The van der Waals surface area contributed by atoms with E-state index in [1.807, 2.05) is 24.3 Å². The van der Waals surface area contributed by atoms with Crippen LogP contribution in [0.3, 0.4) is 0 Å². The van der Waals surface area contributed by atoms with Crippen LogP contribution in [0.2, 0.25) is 0 Å². The Morgan fingerprint density at radius 1 is 1.05 bits per heavy atom. The van der Waals surface area contributed by atoms with E-state index in [1.165, 1.54) is 0 Å². The van der Waals surface area contributed by atoms with Gasteiger partial charge in [0.05, 0.1) is 13.2 Å². The van der Waals surface area contributed by atoms with Crippen LogP contribution in [0.5, 0.6) is 11.5 Å². The molecule has 1 N–H and O–H groups in total. The lowest BCUT2D eigenvalue weighted by Crippen LogP contribution is -2.36. The van der Waals surface area contributed by atoms with Gasteiger partial charge in [0.15, 0.2) is 0 Å². The Balaban J connectivity index is 2.45. The summed E-state index contributed by atoms with van der Waals surface area (Å²) in [7, 11) is 1.69. The van der Waals surface area contributed by atoms with E-state index in [4.69, 9.17) is 14.2 Å². The molecule has 0 heterocycles. The summed E-state index contributed by atoms with van der Waals surface area (Å²) in [5.41, 5.74) is 0. The summed E-state index contributed by atoms with van der Waals surface area (Å²) >= 11 is 0. The van der Waals surface area contributed by atoms with Gasteiger partial charge in [-0.3, -0.25) is 0 Å². The lowest BCUT2D eigenvalue weighted by Gasteiger charge is -2.20. The summed E-state index contributed by atoms with van der Waals surface area (Å²) in [4.78, 5) is 0. The molecule has 0 radical (unpaired) electrons. The van der Waals surface area contributed by atoms with E-state index in [9.17, 15) is 0 Å². The highest BCUT2D eigenvalue weighted by molar-refractivity contribution is 5.31. The first-order valence-electron chi connectivity index (χ1n) is 7.74. The van der Waals surface area contributed by atoms with Crippen molar-refractivity contribution in [1.82, 2.24) is 5.32 Å². The Morgan fingerprint density at radius 2 is 1.71 bits per heavy atom. The zero-order chi connectivity index (χ0) is 15.5. The van der Waals surface area contributed by atoms with E-state index >= 15 is 0 Å². The van der Waals surface area contributed by atoms with Crippen LogP contribution in [0.25, 0.3) is 0 Å². The average Bonchev–Trinajstić information content (AvgIpc) is 2.46. The van der Waals surface area contributed by atoms with Gasteiger partial charge in [-0.05, 0) is 43.1 Å².